The Kier molecular flexibility index (Phi) is 5.07. The number of aliphatic hydroxyl groups is 1. The van der Waals surface area contributed by atoms with Crippen molar-refractivity contribution in [2.24, 2.45) is 0 Å². The van der Waals surface area contributed by atoms with Crippen LogP contribution in [0.5, 0.6) is 0 Å². The SMILES string of the molecule is CCc1ccc(C(CO)NC(C)c2nccs2)cc1. The molecule has 1 aromatic carbocycles. The summed E-state index contributed by atoms with van der Waals surface area (Å²) < 4.78 is 0. The van der Waals surface area contributed by atoms with Gasteiger partial charge in [0.2, 0.25) is 0 Å². The van der Waals surface area contributed by atoms with Gasteiger partial charge >= 0.3 is 0 Å². The first-order valence-electron chi connectivity index (χ1n) is 6.59. The summed E-state index contributed by atoms with van der Waals surface area (Å²) >= 11 is 1.63. The third-order valence-corrected chi connectivity index (χ3v) is 4.20. The Bertz CT molecular complexity index is 481. The van der Waals surface area contributed by atoms with Crippen LogP contribution in [0, 0.1) is 0 Å². The van der Waals surface area contributed by atoms with Gasteiger partial charge in [0, 0.05) is 11.6 Å². The van der Waals surface area contributed by atoms with E-state index < -0.39 is 0 Å². The first-order valence-corrected chi connectivity index (χ1v) is 7.47. The lowest BCUT2D eigenvalue weighted by Crippen LogP contribution is -2.27. The standard InChI is InChI=1S/C15H20N2OS/c1-3-12-4-6-13(7-5-12)14(10-18)17-11(2)15-16-8-9-19-15/h4-9,11,14,17-18H,3,10H2,1-2H3. The topological polar surface area (TPSA) is 45.1 Å². The van der Waals surface area contributed by atoms with Crippen molar-refractivity contribution in [2.75, 3.05) is 6.61 Å². The highest BCUT2D eigenvalue weighted by Gasteiger charge is 2.15. The molecule has 1 aromatic heterocycles. The van der Waals surface area contributed by atoms with Gasteiger partial charge in [-0.25, -0.2) is 4.98 Å². The quantitative estimate of drug-likeness (QED) is 0.852. The minimum atomic E-state index is -0.0511. The Labute approximate surface area is 118 Å². The maximum Gasteiger partial charge on any atom is 0.109 e. The predicted octanol–water partition coefficient (Wildman–Crippen LogP) is 3.09. The zero-order chi connectivity index (χ0) is 13.7. The summed E-state index contributed by atoms with van der Waals surface area (Å²) in [6, 6.07) is 8.50. The molecule has 1 heterocycles. The molecular weight excluding hydrogens is 256 g/mol. The number of aromatic nitrogens is 1. The molecule has 0 aliphatic carbocycles. The number of aliphatic hydroxyl groups excluding tert-OH is 1. The van der Waals surface area contributed by atoms with Gasteiger partial charge in [-0.05, 0) is 24.5 Å². The molecule has 2 N–H and O–H groups in total. The first-order chi connectivity index (χ1) is 9.24. The van der Waals surface area contributed by atoms with Gasteiger partial charge in [-0.15, -0.1) is 11.3 Å². The minimum Gasteiger partial charge on any atom is -0.394 e. The molecule has 19 heavy (non-hydrogen) atoms. The summed E-state index contributed by atoms with van der Waals surface area (Å²) in [5.74, 6) is 0. The second kappa shape index (κ2) is 6.80. The molecule has 102 valence electrons. The maximum atomic E-state index is 9.57. The molecule has 0 spiro atoms. The maximum absolute atomic E-state index is 9.57. The Morgan fingerprint density at radius 1 is 1.32 bits per heavy atom. The Hall–Kier alpha value is -1.23. The highest BCUT2D eigenvalue weighted by Crippen LogP contribution is 2.21. The van der Waals surface area contributed by atoms with Crippen LogP contribution >= 0.6 is 11.3 Å². The normalized spacial score (nSPS) is 14.3. The number of benzene rings is 1. The molecule has 2 rings (SSSR count). The zero-order valence-corrected chi connectivity index (χ0v) is 12.2. The molecule has 0 bridgehead atoms. The van der Waals surface area contributed by atoms with Gasteiger partial charge in [0.15, 0.2) is 0 Å². The van der Waals surface area contributed by atoms with E-state index >= 15 is 0 Å². The van der Waals surface area contributed by atoms with Crippen molar-refractivity contribution < 1.29 is 5.11 Å². The summed E-state index contributed by atoms with van der Waals surface area (Å²) in [4.78, 5) is 4.30. The van der Waals surface area contributed by atoms with Crippen LogP contribution in [-0.2, 0) is 6.42 Å². The van der Waals surface area contributed by atoms with E-state index in [0.29, 0.717) is 0 Å². The van der Waals surface area contributed by atoms with Crippen LogP contribution in [0.3, 0.4) is 0 Å². The molecule has 0 fully saturated rings. The number of rotatable bonds is 6. The van der Waals surface area contributed by atoms with E-state index in [2.05, 4.69) is 48.4 Å². The molecule has 3 nitrogen and oxygen atoms in total. The molecule has 2 aromatic rings. The predicted molar refractivity (Wildman–Crippen MR) is 79.3 cm³/mol. The van der Waals surface area contributed by atoms with Crippen LogP contribution in [0.1, 0.15) is 42.1 Å². The molecule has 0 radical (unpaired) electrons. The van der Waals surface area contributed by atoms with E-state index in [1.807, 2.05) is 11.6 Å². The Morgan fingerprint density at radius 2 is 2.05 bits per heavy atom. The van der Waals surface area contributed by atoms with E-state index in [0.717, 1.165) is 17.0 Å². The summed E-state index contributed by atoms with van der Waals surface area (Å²) in [7, 11) is 0. The Balaban J connectivity index is 2.06. The second-order valence-corrected chi connectivity index (χ2v) is 5.52. The van der Waals surface area contributed by atoms with E-state index in [1.54, 1.807) is 11.3 Å². The average Bonchev–Trinajstić information content (AvgIpc) is 2.99. The van der Waals surface area contributed by atoms with Crippen molar-refractivity contribution >= 4 is 11.3 Å². The molecule has 2 unspecified atom stereocenters. The number of hydrogen-bond donors (Lipinski definition) is 2. The summed E-state index contributed by atoms with van der Waals surface area (Å²) in [6.45, 7) is 4.30. The van der Waals surface area contributed by atoms with Crippen LogP contribution in [0.2, 0.25) is 0 Å². The van der Waals surface area contributed by atoms with Gasteiger partial charge in [-0.2, -0.15) is 0 Å². The second-order valence-electron chi connectivity index (χ2n) is 4.59. The highest BCUT2D eigenvalue weighted by atomic mass is 32.1. The largest absolute Gasteiger partial charge is 0.394 e. The third-order valence-electron chi connectivity index (χ3n) is 3.25. The van der Waals surface area contributed by atoms with Crippen molar-refractivity contribution in [1.82, 2.24) is 10.3 Å². The minimum absolute atomic E-state index is 0.0511. The van der Waals surface area contributed by atoms with Crippen molar-refractivity contribution in [2.45, 2.75) is 32.4 Å². The number of aryl methyl sites for hydroxylation is 1. The van der Waals surface area contributed by atoms with Crippen molar-refractivity contribution in [3.63, 3.8) is 0 Å². The smallest absolute Gasteiger partial charge is 0.109 e. The highest BCUT2D eigenvalue weighted by molar-refractivity contribution is 7.09. The van der Waals surface area contributed by atoms with E-state index in [-0.39, 0.29) is 18.7 Å². The lowest BCUT2D eigenvalue weighted by atomic mass is 10.0. The molecule has 0 saturated heterocycles. The fourth-order valence-corrected chi connectivity index (χ4v) is 2.72. The third kappa shape index (κ3) is 3.62. The molecule has 0 aliphatic heterocycles. The number of thiazole rings is 1. The van der Waals surface area contributed by atoms with Gasteiger partial charge in [-0.3, -0.25) is 5.32 Å². The lowest BCUT2D eigenvalue weighted by Gasteiger charge is -2.21. The van der Waals surface area contributed by atoms with Crippen molar-refractivity contribution in [1.29, 1.82) is 0 Å². The monoisotopic (exact) mass is 276 g/mol. The molecule has 0 aliphatic rings. The van der Waals surface area contributed by atoms with Crippen LogP contribution < -0.4 is 5.32 Å². The number of nitrogens with zero attached hydrogens (tertiary/aromatic N) is 1. The lowest BCUT2D eigenvalue weighted by molar-refractivity contribution is 0.235. The van der Waals surface area contributed by atoms with Crippen LogP contribution in [0.15, 0.2) is 35.8 Å². The van der Waals surface area contributed by atoms with E-state index in [1.165, 1.54) is 5.56 Å². The van der Waals surface area contributed by atoms with Crippen LogP contribution in [0.4, 0.5) is 0 Å². The molecule has 0 amide bonds. The van der Waals surface area contributed by atoms with Gasteiger partial charge in [0.05, 0.1) is 18.7 Å². The molecular formula is C15H20N2OS. The van der Waals surface area contributed by atoms with Crippen molar-refractivity contribution in [3.8, 4) is 0 Å². The summed E-state index contributed by atoms with van der Waals surface area (Å²) in [5.41, 5.74) is 2.43. The van der Waals surface area contributed by atoms with E-state index in [9.17, 15) is 5.11 Å². The van der Waals surface area contributed by atoms with Crippen molar-refractivity contribution in [3.05, 3.63) is 52.0 Å². The fraction of sp³-hybridized carbons (Fsp3) is 0.400. The Morgan fingerprint density at radius 3 is 2.58 bits per heavy atom. The zero-order valence-electron chi connectivity index (χ0n) is 11.3. The van der Waals surface area contributed by atoms with Gasteiger partial charge in [-0.1, -0.05) is 31.2 Å². The fourth-order valence-electron chi connectivity index (χ4n) is 2.06. The number of hydrogen-bond acceptors (Lipinski definition) is 4. The molecule has 2 atom stereocenters. The average molecular weight is 276 g/mol. The summed E-state index contributed by atoms with van der Waals surface area (Å²) in [6.07, 6.45) is 2.84. The first kappa shape index (κ1) is 14.2. The van der Waals surface area contributed by atoms with Crippen LogP contribution in [0.25, 0.3) is 0 Å². The summed E-state index contributed by atoms with van der Waals surface area (Å²) in [5, 5.41) is 16.0. The van der Waals surface area contributed by atoms with Crippen LogP contribution in [-0.4, -0.2) is 16.7 Å². The molecule has 4 heteroatoms. The van der Waals surface area contributed by atoms with Gasteiger partial charge in [0.25, 0.3) is 0 Å². The van der Waals surface area contributed by atoms with E-state index in [4.69, 9.17) is 0 Å². The van der Waals surface area contributed by atoms with Gasteiger partial charge < -0.3 is 5.11 Å². The van der Waals surface area contributed by atoms with Gasteiger partial charge in [0.1, 0.15) is 5.01 Å². The number of nitrogens with one attached hydrogen (secondary N) is 1. The molecule has 0 saturated carbocycles.